The zero-order valence-corrected chi connectivity index (χ0v) is 36.8. The molecule has 3 aromatic carbocycles. The average Bonchev–Trinajstić information content (AvgIpc) is 3.52. The fourth-order valence-corrected chi connectivity index (χ4v) is 10.4. The molecule has 0 aliphatic heterocycles. The fourth-order valence-electron chi connectivity index (χ4n) is 10.2. The van der Waals surface area contributed by atoms with Gasteiger partial charge in [-0.2, -0.15) is 0 Å². The van der Waals surface area contributed by atoms with Crippen LogP contribution < -0.4 is 24.8 Å². The molecule has 1 fully saturated rings. The number of carboxylic acids is 2. The Kier molecular flexibility index (Phi) is 14.3. The Morgan fingerprint density at radius 1 is 0.969 bits per heavy atom. The molecule has 1 saturated carbocycles. The van der Waals surface area contributed by atoms with Gasteiger partial charge in [0.25, 0.3) is 0 Å². The van der Waals surface area contributed by atoms with Gasteiger partial charge in [-0.15, -0.1) is 13.2 Å². The molecule has 3 aliphatic rings. The highest BCUT2D eigenvalue weighted by atomic mass is 35.5. The summed E-state index contributed by atoms with van der Waals surface area (Å²) in [6.45, 7) is 5.15. The molecule has 1 amide bonds. The lowest BCUT2D eigenvalue weighted by Crippen LogP contribution is -2.53. The molecule has 2 unspecified atom stereocenters. The van der Waals surface area contributed by atoms with E-state index in [2.05, 4.69) is 46.3 Å². The lowest BCUT2D eigenvalue weighted by atomic mass is 9.59. The van der Waals surface area contributed by atoms with E-state index < -0.39 is 41.5 Å². The van der Waals surface area contributed by atoms with Gasteiger partial charge >= 0.3 is 18.3 Å². The molecule has 7 rings (SSSR count). The van der Waals surface area contributed by atoms with Gasteiger partial charge < -0.3 is 35.1 Å². The molecule has 15 heteroatoms. The lowest BCUT2D eigenvalue weighted by Gasteiger charge is -2.47. The van der Waals surface area contributed by atoms with Crippen molar-refractivity contribution in [2.45, 2.75) is 120 Å². The van der Waals surface area contributed by atoms with Crippen LogP contribution in [0.2, 0.25) is 5.02 Å². The van der Waals surface area contributed by atoms with Crippen LogP contribution in [-0.2, 0) is 39.1 Å². The number of hydrogen-bond donors (Lipinski definition) is 4. The minimum Gasteiger partial charge on any atom is -0.494 e. The Labute approximate surface area is 376 Å². The zero-order valence-electron chi connectivity index (χ0n) is 36.0. The number of alkyl halides is 3. The number of aromatic nitrogens is 1. The fraction of sp³-hybridized carbons (Fsp3) is 0.469. The monoisotopic (exact) mass is 905 g/mol. The van der Waals surface area contributed by atoms with Gasteiger partial charge in [-0.3, -0.25) is 9.78 Å². The van der Waals surface area contributed by atoms with Crippen molar-refractivity contribution in [1.29, 1.82) is 0 Å². The summed E-state index contributed by atoms with van der Waals surface area (Å²) in [6, 6.07) is 18.8. The van der Waals surface area contributed by atoms with Gasteiger partial charge in [0.1, 0.15) is 28.8 Å². The van der Waals surface area contributed by atoms with Crippen LogP contribution in [0.4, 0.5) is 18.9 Å². The maximum absolute atomic E-state index is 13.1. The van der Waals surface area contributed by atoms with Crippen LogP contribution >= 0.6 is 11.6 Å². The molecule has 3 aliphatic carbocycles. The van der Waals surface area contributed by atoms with Gasteiger partial charge in [0.15, 0.2) is 0 Å². The summed E-state index contributed by atoms with van der Waals surface area (Å²) in [7, 11) is 0. The molecular formula is C49H55ClF3N3O8. The van der Waals surface area contributed by atoms with Gasteiger partial charge in [0.2, 0.25) is 5.91 Å². The third kappa shape index (κ3) is 11.0. The van der Waals surface area contributed by atoms with Gasteiger partial charge in [-0.05, 0) is 153 Å². The van der Waals surface area contributed by atoms with E-state index in [1.54, 1.807) is 18.2 Å². The topological polar surface area (TPSA) is 156 Å². The molecule has 0 saturated heterocycles. The van der Waals surface area contributed by atoms with E-state index in [4.69, 9.17) is 21.1 Å². The van der Waals surface area contributed by atoms with E-state index >= 15 is 0 Å². The highest BCUT2D eigenvalue weighted by Gasteiger charge is 2.54. The summed E-state index contributed by atoms with van der Waals surface area (Å²) in [6.07, 6.45) is 3.84. The molecule has 0 bridgehead atoms. The second-order valence-corrected chi connectivity index (χ2v) is 18.3. The second kappa shape index (κ2) is 19.7. The van der Waals surface area contributed by atoms with Crippen molar-refractivity contribution in [1.82, 2.24) is 10.3 Å². The van der Waals surface area contributed by atoms with Gasteiger partial charge in [-0.1, -0.05) is 49.7 Å². The normalized spacial score (nSPS) is 22.4. The molecule has 1 heterocycles. The number of hydrogen-bond acceptors (Lipinski definition) is 8. The number of fused-ring (bicyclic) bond motifs is 3. The van der Waals surface area contributed by atoms with Crippen molar-refractivity contribution in [3.05, 3.63) is 112 Å². The first-order valence-electron chi connectivity index (χ1n) is 22.0. The summed E-state index contributed by atoms with van der Waals surface area (Å²) >= 11 is 6.29. The van der Waals surface area contributed by atoms with Crippen LogP contribution in [0.3, 0.4) is 0 Å². The molecule has 1 spiro atoms. The number of aryl methyl sites for hydroxylation is 1. The van der Waals surface area contributed by atoms with Crippen LogP contribution in [0, 0.1) is 11.8 Å². The standard InChI is InChI=1S/C49H55ClF3N3O8/c1-30(29-63-42-16-21-54-40-12-3-7-31(2)44(40)42)23-34-26-33-14-15-37(28-39(33)47(34)17-19-48(20-18-47,46(60)61)56-36-10-5-9-35(50)27-36)62-22-6-13-43(57)55-41(45(58)59)25-32-8-4-11-38(24-32)64-49(51,52)53/h4-5,8-11,14-16,21,24,27-28,30-31,34,41,56H,3,6-7,12-13,17-20,22-23,25-26,29H2,1-2H3,(H,55,57)(H,58,59)(H,60,61)/t30-,31-,34?,41?,47?,48?/m1/s1. The van der Waals surface area contributed by atoms with E-state index in [0.29, 0.717) is 54.7 Å². The quantitative estimate of drug-likeness (QED) is 0.0709. The number of carbonyl (C=O) groups excluding carboxylic acids is 1. The summed E-state index contributed by atoms with van der Waals surface area (Å²) < 4.78 is 54.8. The first kappa shape index (κ1) is 46.5. The maximum atomic E-state index is 13.1. The largest absolute Gasteiger partial charge is 0.573 e. The molecule has 4 aromatic rings. The van der Waals surface area contributed by atoms with E-state index in [1.807, 2.05) is 24.4 Å². The Morgan fingerprint density at radius 2 is 1.75 bits per heavy atom. The number of carbonyl (C=O) groups is 3. The van der Waals surface area contributed by atoms with E-state index in [-0.39, 0.29) is 48.7 Å². The predicted octanol–water partition coefficient (Wildman–Crippen LogP) is 10.1. The van der Waals surface area contributed by atoms with Crippen molar-refractivity contribution < 1.29 is 52.0 Å². The SMILES string of the molecule is C[C@@H](COc1ccnc2c1[C@H](C)CCC2)CC1Cc2ccc(OCCCC(=O)NC(Cc3cccc(OC(F)(F)F)c3)C(=O)O)cc2C12CCC(Nc1cccc(Cl)c1)(C(=O)O)CC2. The molecular weight excluding hydrogens is 851 g/mol. The molecule has 1 aromatic heterocycles. The Hall–Kier alpha value is -5.50. The van der Waals surface area contributed by atoms with Crippen molar-refractivity contribution in [3.63, 3.8) is 0 Å². The lowest BCUT2D eigenvalue weighted by molar-refractivity contribution is -0.274. The highest BCUT2D eigenvalue weighted by molar-refractivity contribution is 6.30. The highest BCUT2D eigenvalue weighted by Crippen LogP contribution is 2.57. The van der Waals surface area contributed by atoms with E-state index in [9.17, 15) is 37.8 Å². The van der Waals surface area contributed by atoms with Gasteiger partial charge in [0.05, 0.1) is 13.2 Å². The Morgan fingerprint density at radius 3 is 2.48 bits per heavy atom. The number of nitrogens with zero attached hydrogens (tertiary/aromatic N) is 1. The number of ether oxygens (including phenoxy) is 3. The first-order valence-corrected chi connectivity index (χ1v) is 22.4. The maximum Gasteiger partial charge on any atom is 0.573 e. The molecule has 342 valence electrons. The summed E-state index contributed by atoms with van der Waals surface area (Å²) in [5, 5.41) is 26.8. The molecule has 4 N–H and O–H groups in total. The summed E-state index contributed by atoms with van der Waals surface area (Å²) in [5.41, 5.74) is 4.08. The number of halogens is 4. The third-order valence-corrected chi connectivity index (χ3v) is 13.5. The van der Waals surface area contributed by atoms with Gasteiger partial charge in [-0.25, -0.2) is 9.59 Å². The minimum absolute atomic E-state index is 0.0456. The van der Waals surface area contributed by atoms with Crippen molar-refractivity contribution in [2.75, 3.05) is 18.5 Å². The summed E-state index contributed by atoms with van der Waals surface area (Å²) in [5.74, 6) is -0.934. The average molecular weight is 906 g/mol. The number of nitrogens with one attached hydrogen (secondary N) is 2. The number of rotatable bonds is 18. The number of benzene rings is 3. The smallest absolute Gasteiger partial charge is 0.494 e. The number of aliphatic carboxylic acids is 2. The summed E-state index contributed by atoms with van der Waals surface area (Å²) in [4.78, 5) is 42.6. The number of carboxylic acid groups (broad SMARTS) is 2. The predicted molar refractivity (Wildman–Crippen MR) is 235 cm³/mol. The van der Waals surface area contributed by atoms with Crippen molar-refractivity contribution >= 4 is 35.1 Å². The van der Waals surface area contributed by atoms with Crippen molar-refractivity contribution in [3.8, 4) is 17.2 Å². The molecule has 64 heavy (non-hydrogen) atoms. The van der Waals surface area contributed by atoms with Crippen LogP contribution in [0.15, 0.2) is 79.0 Å². The number of pyridine rings is 1. The Balaban J connectivity index is 1.02. The van der Waals surface area contributed by atoms with Crippen LogP contribution in [-0.4, -0.2) is 64.2 Å². The Bertz CT molecular complexity index is 2320. The zero-order chi connectivity index (χ0) is 45.6. The van der Waals surface area contributed by atoms with Crippen molar-refractivity contribution in [2.24, 2.45) is 11.8 Å². The molecule has 0 radical (unpaired) electrons. The number of anilines is 1. The van der Waals surface area contributed by atoms with E-state index in [0.717, 1.165) is 61.2 Å². The first-order chi connectivity index (χ1) is 30.5. The van der Waals surface area contributed by atoms with Crippen LogP contribution in [0.25, 0.3) is 0 Å². The molecule has 4 atom stereocenters. The molecule has 11 nitrogen and oxygen atoms in total. The third-order valence-electron chi connectivity index (χ3n) is 13.3. The minimum atomic E-state index is -4.90. The number of amides is 1. The van der Waals surface area contributed by atoms with E-state index in [1.165, 1.54) is 23.3 Å². The van der Waals surface area contributed by atoms with Gasteiger partial charge in [0, 0.05) is 41.0 Å². The second-order valence-electron chi connectivity index (χ2n) is 17.8. The van der Waals surface area contributed by atoms with Crippen LogP contribution in [0.5, 0.6) is 17.2 Å². The van der Waals surface area contributed by atoms with Crippen LogP contribution in [0.1, 0.15) is 106 Å².